The van der Waals surface area contributed by atoms with E-state index in [1.165, 1.54) is 10.9 Å². The Bertz CT molecular complexity index is 1120. The molecule has 10 nitrogen and oxygen atoms in total. The summed E-state index contributed by atoms with van der Waals surface area (Å²) >= 11 is 6.28. The number of aryl methyl sites for hydroxylation is 1. The van der Waals surface area contributed by atoms with Gasteiger partial charge in [0.1, 0.15) is 16.7 Å². The Kier molecular flexibility index (Phi) is 6.27. The summed E-state index contributed by atoms with van der Waals surface area (Å²) in [6.45, 7) is 11.5. The van der Waals surface area contributed by atoms with Gasteiger partial charge in [0.05, 0.1) is 30.6 Å². The smallest absolute Gasteiger partial charge is 0.268 e. The van der Waals surface area contributed by atoms with Gasteiger partial charge in [0.15, 0.2) is 5.65 Å². The summed E-state index contributed by atoms with van der Waals surface area (Å²) in [6, 6.07) is 2.42. The molecule has 1 aliphatic carbocycles. The number of fused-ring (bicyclic) bond motifs is 1. The van der Waals surface area contributed by atoms with E-state index in [0.717, 1.165) is 18.7 Å². The molecule has 2 atom stereocenters. The molecule has 3 heterocycles. The standard InChI is InChI=1S/C20H26ClN9O/c1-12-16(21)20-26-19(17(23-2)18(22)30(20)27-12)25-7-5-14-6-9-29(28-14)15-4-3-13(15)11-24-8-10-31/h6,9,13,15,24,31H,3-5,7-8,10-11,22H2,1H3,(H,25,26). The number of hydrogen-bond donors (Lipinski definition) is 4. The monoisotopic (exact) mass is 443 g/mol. The van der Waals surface area contributed by atoms with E-state index in [4.69, 9.17) is 34.1 Å². The van der Waals surface area contributed by atoms with E-state index in [-0.39, 0.29) is 18.1 Å². The Hall–Kier alpha value is -2.87. The zero-order valence-electron chi connectivity index (χ0n) is 17.3. The maximum absolute atomic E-state index is 8.91. The molecule has 3 aromatic rings. The van der Waals surface area contributed by atoms with E-state index in [1.807, 2.05) is 16.9 Å². The number of nitrogens with one attached hydrogen (secondary N) is 2. The normalized spacial score (nSPS) is 18.1. The van der Waals surface area contributed by atoms with Crippen molar-refractivity contribution in [2.24, 2.45) is 5.92 Å². The molecule has 0 radical (unpaired) electrons. The number of hydrogen-bond acceptors (Lipinski definition) is 7. The minimum Gasteiger partial charge on any atom is -0.395 e. The zero-order chi connectivity index (χ0) is 22.0. The van der Waals surface area contributed by atoms with Crippen molar-refractivity contribution in [1.29, 1.82) is 0 Å². The van der Waals surface area contributed by atoms with E-state index in [1.54, 1.807) is 6.92 Å². The average Bonchev–Trinajstić information content (AvgIpc) is 3.30. The van der Waals surface area contributed by atoms with Crippen molar-refractivity contribution in [3.8, 4) is 0 Å². The molecule has 3 aromatic heterocycles. The van der Waals surface area contributed by atoms with Crippen LogP contribution in [0.5, 0.6) is 0 Å². The number of nitrogens with zero attached hydrogens (tertiary/aromatic N) is 6. The molecule has 0 aliphatic heterocycles. The Morgan fingerprint density at radius 2 is 2.19 bits per heavy atom. The van der Waals surface area contributed by atoms with E-state index in [0.29, 0.717) is 53.7 Å². The van der Waals surface area contributed by atoms with Gasteiger partial charge in [-0.25, -0.2) is 14.3 Å². The number of aromatic nitrogens is 5. The lowest BCUT2D eigenvalue weighted by atomic mass is 9.79. The molecule has 0 spiro atoms. The van der Waals surface area contributed by atoms with Gasteiger partial charge >= 0.3 is 0 Å². The predicted molar refractivity (Wildman–Crippen MR) is 120 cm³/mol. The maximum Gasteiger partial charge on any atom is 0.268 e. The highest BCUT2D eigenvalue weighted by Gasteiger charge is 2.32. The summed E-state index contributed by atoms with van der Waals surface area (Å²) in [4.78, 5) is 8.00. The molecule has 0 amide bonds. The molecule has 0 aromatic carbocycles. The summed E-state index contributed by atoms with van der Waals surface area (Å²) in [7, 11) is 0. The van der Waals surface area contributed by atoms with Crippen LogP contribution in [0.1, 0.15) is 30.3 Å². The third-order valence-corrected chi connectivity index (χ3v) is 6.18. The molecule has 164 valence electrons. The van der Waals surface area contributed by atoms with Crippen molar-refractivity contribution in [3.05, 3.63) is 40.1 Å². The second kappa shape index (κ2) is 9.09. The first-order chi connectivity index (χ1) is 15.0. The lowest BCUT2D eigenvalue weighted by molar-refractivity contribution is 0.159. The minimum atomic E-state index is 0.159. The van der Waals surface area contributed by atoms with E-state index in [9.17, 15) is 0 Å². The Balaban J connectivity index is 1.40. The number of halogens is 1. The molecule has 31 heavy (non-hydrogen) atoms. The molecular formula is C20H26ClN9O. The molecule has 4 rings (SSSR count). The van der Waals surface area contributed by atoms with Crippen LogP contribution in [0.25, 0.3) is 10.5 Å². The van der Waals surface area contributed by atoms with Crippen LogP contribution >= 0.6 is 11.6 Å². The lowest BCUT2D eigenvalue weighted by Crippen LogP contribution is -2.38. The summed E-state index contributed by atoms with van der Waals surface area (Å²) in [5.74, 6) is 1.16. The summed E-state index contributed by atoms with van der Waals surface area (Å²) in [5.41, 5.74) is 8.36. The van der Waals surface area contributed by atoms with E-state index in [2.05, 4.69) is 25.6 Å². The first-order valence-corrected chi connectivity index (χ1v) is 10.7. The van der Waals surface area contributed by atoms with E-state index < -0.39 is 0 Å². The van der Waals surface area contributed by atoms with Crippen LogP contribution in [0, 0.1) is 19.4 Å². The van der Waals surface area contributed by atoms with Crippen LogP contribution in [-0.2, 0) is 6.42 Å². The quantitative estimate of drug-likeness (QED) is 0.295. The van der Waals surface area contributed by atoms with Gasteiger partial charge in [0.2, 0.25) is 0 Å². The number of aliphatic hydroxyl groups excluding tert-OH is 1. The molecule has 1 saturated carbocycles. The SMILES string of the molecule is [C-]#[N+]c1c(NCCc2ccn(C3CCC3CNCCO)n2)nc2c(Cl)c(C)nn2c1N. The average molecular weight is 444 g/mol. The van der Waals surface area contributed by atoms with Crippen molar-refractivity contribution in [1.82, 2.24) is 29.7 Å². The summed E-state index contributed by atoms with van der Waals surface area (Å²) in [6.07, 6.45) is 5.00. The van der Waals surface area contributed by atoms with Crippen molar-refractivity contribution in [3.63, 3.8) is 0 Å². The highest BCUT2D eigenvalue weighted by atomic mass is 35.5. The van der Waals surface area contributed by atoms with Gasteiger partial charge in [-0.2, -0.15) is 10.2 Å². The Morgan fingerprint density at radius 1 is 1.35 bits per heavy atom. The Morgan fingerprint density at radius 3 is 2.90 bits per heavy atom. The van der Waals surface area contributed by atoms with Crippen LogP contribution in [0.4, 0.5) is 17.3 Å². The van der Waals surface area contributed by atoms with Crippen molar-refractivity contribution in [2.45, 2.75) is 32.2 Å². The van der Waals surface area contributed by atoms with Crippen LogP contribution in [0.15, 0.2) is 12.3 Å². The van der Waals surface area contributed by atoms with Gasteiger partial charge in [-0.1, -0.05) is 11.6 Å². The molecule has 0 saturated heterocycles. The van der Waals surface area contributed by atoms with Crippen LogP contribution < -0.4 is 16.4 Å². The van der Waals surface area contributed by atoms with Gasteiger partial charge in [-0.05, 0) is 31.7 Å². The van der Waals surface area contributed by atoms with Crippen molar-refractivity contribution >= 4 is 34.6 Å². The predicted octanol–water partition coefficient (Wildman–Crippen LogP) is 2.21. The van der Waals surface area contributed by atoms with Gasteiger partial charge in [-0.3, -0.25) is 4.68 Å². The maximum atomic E-state index is 8.91. The third-order valence-electron chi connectivity index (χ3n) is 5.74. The van der Waals surface area contributed by atoms with Gasteiger partial charge in [0.25, 0.3) is 5.69 Å². The fourth-order valence-electron chi connectivity index (χ4n) is 3.88. The molecule has 5 N–H and O–H groups in total. The summed E-state index contributed by atoms with van der Waals surface area (Å²) < 4.78 is 3.45. The Labute approximate surface area is 185 Å². The first kappa shape index (κ1) is 21.4. The highest BCUT2D eigenvalue weighted by Crippen LogP contribution is 2.37. The summed E-state index contributed by atoms with van der Waals surface area (Å²) in [5, 5.41) is 24.8. The third kappa shape index (κ3) is 4.17. The number of nitrogens with two attached hydrogens (primary N) is 1. The van der Waals surface area contributed by atoms with E-state index >= 15 is 0 Å². The van der Waals surface area contributed by atoms with Crippen LogP contribution in [-0.4, -0.2) is 55.7 Å². The first-order valence-electron chi connectivity index (χ1n) is 10.3. The highest BCUT2D eigenvalue weighted by molar-refractivity contribution is 6.34. The second-order valence-electron chi connectivity index (χ2n) is 7.74. The number of nitrogen functional groups attached to an aromatic ring is 1. The largest absolute Gasteiger partial charge is 0.395 e. The molecular weight excluding hydrogens is 418 g/mol. The minimum absolute atomic E-state index is 0.159. The molecule has 1 aliphatic rings. The number of aliphatic hydroxyl groups is 1. The molecule has 11 heteroatoms. The van der Waals surface area contributed by atoms with Gasteiger partial charge < -0.3 is 21.5 Å². The molecule has 0 bridgehead atoms. The zero-order valence-corrected chi connectivity index (χ0v) is 18.1. The molecule has 2 unspecified atom stereocenters. The van der Waals surface area contributed by atoms with Gasteiger partial charge in [-0.15, -0.1) is 0 Å². The van der Waals surface area contributed by atoms with Gasteiger partial charge in [0, 0.05) is 32.3 Å². The topological polar surface area (TPSA) is 123 Å². The number of anilines is 2. The fourth-order valence-corrected chi connectivity index (χ4v) is 4.04. The number of rotatable bonds is 9. The second-order valence-corrected chi connectivity index (χ2v) is 8.12. The fraction of sp³-hybridized carbons (Fsp3) is 0.500. The van der Waals surface area contributed by atoms with Crippen LogP contribution in [0.2, 0.25) is 5.02 Å². The van der Waals surface area contributed by atoms with Crippen molar-refractivity contribution in [2.75, 3.05) is 37.3 Å². The van der Waals surface area contributed by atoms with Crippen molar-refractivity contribution < 1.29 is 5.11 Å². The lowest BCUT2D eigenvalue weighted by Gasteiger charge is -2.37. The molecule has 1 fully saturated rings. The van der Waals surface area contributed by atoms with Crippen LogP contribution in [0.3, 0.4) is 0 Å².